The summed E-state index contributed by atoms with van der Waals surface area (Å²) in [6.45, 7) is 1.78. The first-order valence-electron chi connectivity index (χ1n) is 5.89. The van der Waals surface area contributed by atoms with Crippen LogP contribution >= 0.6 is 22.9 Å². The summed E-state index contributed by atoms with van der Waals surface area (Å²) in [5.74, 6) is 0.287. The minimum absolute atomic E-state index is 0.0944. The number of amides is 1. The van der Waals surface area contributed by atoms with Crippen molar-refractivity contribution in [2.75, 3.05) is 6.61 Å². The van der Waals surface area contributed by atoms with E-state index >= 15 is 0 Å². The second-order valence-electron chi connectivity index (χ2n) is 4.01. The monoisotopic (exact) mass is 308 g/mol. The molecule has 6 heteroatoms. The molecule has 0 spiro atoms. The third-order valence-corrected chi connectivity index (χ3v) is 3.65. The summed E-state index contributed by atoms with van der Waals surface area (Å²) in [5, 5.41) is 6.45. The number of hydrazone groups is 1. The summed E-state index contributed by atoms with van der Waals surface area (Å²) >= 11 is 7.45. The van der Waals surface area contributed by atoms with Gasteiger partial charge in [-0.2, -0.15) is 5.10 Å². The number of rotatable bonds is 5. The van der Waals surface area contributed by atoms with E-state index in [-0.39, 0.29) is 12.5 Å². The number of benzene rings is 1. The number of carbonyl (C=O) groups excluding carboxylic acids is 1. The highest BCUT2D eigenvalue weighted by molar-refractivity contribution is 7.11. The van der Waals surface area contributed by atoms with Crippen molar-refractivity contribution in [2.24, 2.45) is 5.10 Å². The molecule has 0 unspecified atom stereocenters. The Morgan fingerprint density at radius 3 is 3.05 bits per heavy atom. The lowest BCUT2D eigenvalue weighted by molar-refractivity contribution is -0.123. The standard InChI is InChI=1S/C14H13ClN2O2S/c1-10-7-11(4-5-13(10)15)19-9-14(18)17-16-8-12-3-2-6-20-12/h2-8H,9H2,1H3,(H,17,18). The van der Waals surface area contributed by atoms with Gasteiger partial charge in [0.25, 0.3) is 5.91 Å². The zero-order chi connectivity index (χ0) is 14.4. The number of nitrogens with one attached hydrogen (secondary N) is 1. The predicted molar refractivity (Wildman–Crippen MR) is 81.7 cm³/mol. The molecule has 2 rings (SSSR count). The Kier molecular flexibility index (Phi) is 5.15. The highest BCUT2D eigenvalue weighted by Gasteiger charge is 2.03. The SMILES string of the molecule is Cc1cc(OCC(=O)NN=Cc2cccs2)ccc1Cl. The fourth-order valence-corrected chi connectivity index (χ4v) is 2.12. The lowest BCUT2D eigenvalue weighted by atomic mass is 10.2. The average Bonchev–Trinajstić information content (AvgIpc) is 2.93. The van der Waals surface area contributed by atoms with E-state index < -0.39 is 0 Å². The molecule has 2 aromatic rings. The van der Waals surface area contributed by atoms with Crippen molar-refractivity contribution in [3.8, 4) is 5.75 Å². The molecular formula is C14H13ClN2O2S. The summed E-state index contributed by atoms with van der Waals surface area (Å²) in [6, 6.07) is 9.06. The Hall–Kier alpha value is -1.85. The zero-order valence-corrected chi connectivity index (χ0v) is 12.4. The molecule has 20 heavy (non-hydrogen) atoms. The second kappa shape index (κ2) is 7.07. The van der Waals surface area contributed by atoms with Crippen LogP contribution in [0.15, 0.2) is 40.8 Å². The highest BCUT2D eigenvalue weighted by Crippen LogP contribution is 2.20. The minimum Gasteiger partial charge on any atom is -0.484 e. The number of hydrogen-bond donors (Lipinski definition) is 1. The molecule has 1 aromatic heterocycles. The van der Waals surface area contributed by atoms with Crippen LogP contribution in [0, 0.1) is 6.92 Å². The Bertz CT molecular complexity index is 612. The van der Waals surface area contributed by atoms with E-state index in [1.165, 1.54) is 0 Å². The fraction of sp³-hybridized carbons (Fsp3) is 0.143. The molecule has 104 valence electrons. The van der Waals surface area contributed by atoms with Crippen LogP contribution in [0.3, 0.4) is 0 Å². The fourth-order valence-electron chi connectivity index (χ4n) is 1.42. The first-order valence-corrected chi connectivity index (χ1v) is 7.15. The number of nitrogens with zero attached hydrogens (tertiary/aromatic N) is 1. The van der Waals surface area contributed by atoms with Crippen LogP contribution in [0.25, 0.3) is 0 Å². The maximum absolute atomic E-state index is 11.5. The molecule has 0 fully saturated rings. The van der Waals surface area contributed by atoms with Crippen LogP contribution in [0.1, 0.15) is 10.4 Å². The molecule has 1 N–H and O–H groups in total. The Balaban J connectivity index is 1.78. The number of aryl methyl sites for hydroxylation is 1. The molecule has 0 aliphatic heterocycles. The quantitative estimate of drug-likeness (QED) is 0.681. The number of carbonyl (C=O) groups is 1. The van der Waals surface area contributed by atoms with E-state index in [0.717, 1.165) is 10.4 Å². The Morgan fingerprint density at radius 2 is 2.35 bits per heavy atom. The number of halogens is 1. The molecule has 0 aliphatic rings. The van der Waals surface area contributed by atoms with Gasteiger partial charge in [0, 0.05) is 9.90 Å². The molecule has 4 nitrogen and oxygen atoms in total. The van der Waals surface area contributed by atoms with Crippen LogP contribution in [-0.4, -0.2) is 18.7 Å². The molecule has 0 aliphatic carbocycles. The Labute approximate surface area is 126 Å². The summed E-state index contributed by atoms with van der Waals surface area (Å²) < 4.78 is 5.35. The molecule has 0 saturated heterocycles. The van der Waals surface area contributed by atoms with Gasteiger partial charge in [-0.25, -0.2) is 5.43 Å². The summed E-state index contributed by atoms with van der Waals surface area (Å²) in [5.41, 5.74) is 3.31. The van der Waals surface area contributed by atoms with Gasteiger partial charge in [-0.15, -0.1) is 11.3 Å². The van der Waals surface area contributed by atoms with Gasteiger partial charge in [0.05, 0.1) is 6.21 Å². The smallest absolute Gasteiger partial charge is 0.277 e. The Morgan fingerprint density at radius 1 is 1.50 bits per heavy atom. The number of ether oxygens (including phenoxy) is 1. The van der Waals surface area contributed by atoms with E-state index in [4.69, 9.17) is 16.3 Å². The molecule has 0 radical (unpaired) electrons. The van der Waals surface area contributed by atoms with Crippen molar-refractivity contribution >= 4 is 35.1 Å². The largest absolute Gasteiger partial charge is 0.484 e. The first kappa shape index (κ1) is 14.6. The van der Waals surface area contributed by atoms with E-state index in [1.54, 1.807) is 35.8 Å². The van der Waals surface area contributed by atoms with Crippen molar-refractivity contribution in [3.05, 3.63) is 51.2 Å². The number of thiophene rings is 1. The highest BCUT2D eigenvalue weighted by atomic mass is 35.5. The van der Waals surface area contributed by atoms with Crippen LogP contribution in [-0.2, 0) is 4.79 Å². The van der Waals surface area contributed by atoms with Crippen LogP contribution in [0.5, 0.6) is 5.75 Å². The summed E-state index contributed by atoms with van der Waals surface area (Å²) in [4.78, 5) is 12.5. The van der Waals surface area contributed by atoms with Crippen molar-refractivity contribution < 1.29 is 9.53 Å². The second-order valence-corrected chi connectivity index (χ2v) is 5.39. The summed E-state index contributed by atoms with van der Waals surface area (Å²) in [6.07, 6.45) is 1.59. The maximum Gasteiger partial charge on any atom is 0.277 e. The van der Waals surface area contributed by atoms with E-state index in [1.807, 2.05) is 24.4 Å². The van der Waals surface area contributed by atoms with Gasteiger partial charge < -0.3 is 4.74 Å². The predicted octanol–water partition coefficient (Wildman–Crippen LogP) is 3.24. The third-order valence-electron chi connectivity index (χ3n) is 2.42. The van der Waals surface area contributed by atoms with Gasteiger partial charge in [-0.1, -0.05) is 17.7 Å². The number of hydrogen-bond acceptors (Lipinski definition) is 4. The molecule has 1 amide bonds. The van der Waals surface area contributed by atoms with Crippen LogP contribution < -0.4 is 10.2 Å². The minimum atomic E-state index is -0.314. The van der Waals surface area contributed by atoms with E-state index in [2.05, 4.69) is 10.5 Å². The molecule has 1 heterocycles. The molecule has 0 atom stereocenters. The van der Waals surface area contributed by atoms with E-state index in [0.29, 0.717) is 10.8 Å². The third kappa shape index (κ3) is 4.36. The molecule has 1 aromatic carbocycles. The molecule has 0 saturated carbocycles. The lowest BCUT2D eigenvalue weighted by Gasteiger charge is -2.06. The normalized spacial score (nSPS) is 10.7. The maximum atomic E-state index is 11.5. The first-order chi connectivity index (χ1) is 9.65. The van der Waals surface area contributed by atoms with Gasteiger partial charge >= 0.3 is 0 Å². The van der Waals surface area contributed by atoms with Crippen molar-refractivity contribution in [1.29, 1.82) is 0 Å². The van der Waals surface area contributed by atoms with Gasteiger partial charge in [0.1, 0.15) is 5.75 Å². The van der Waals surface area contributed by atoms with Crippen LogP contribution in [0.4, 0.5) is 0 Å². The van der Waals surface area contributed by atoms with Gasteiger partial charge in [-0.05, 0) is 42.1 Å². The lowest BCUT2D eigenvalue weighted by Crippen LogP contribution is -2.24. The summed E-state index contributed by atoms with van der Waals surface area (Å²) in [7, 11) is 0. The average molecular weight is 309 g/mol. The van der Waals surface area contributed by atoms with Gasteiger partial charge in [-0.3, -0.25) is 4.79 Å². The van der Waals surface area contributed by atoms with Crippen molar-refractivity contribution in [1.82, 2.24) is 5.43 Å². The van der Waals surface area contributed by atoms with E-state index in [9.17, 15) is 4.79 Å². The zero-order valence-electron chi connectivity index (χ0n) is 10.8. The molecular weight excluding hydrogens is 296 g/mol. The van der Waals surface area contributed by atoms with Crippen LogP contribution in [0.2, 0.25) is 5.02 Å². The van der Waals surface area contributed by atoms with Gasteiger partial charge in [0.2, 0.25) is 0 Å². The van der Waals surface area contributed by atoms with Gasteiger partial charge in [0.15, 0.2) is 6.61 Å². The van der Waals surface area contributed by atoms with Crippen molar-refractivity contribution in [2.45, 2.75) is 6.92 Å². The molecule has 0 bridgehead atoms. The van der Waals surface area contributed by atoms with Crippen molar-refractivity contribution in [3.63, 3.8) is 0 Å². The topological polar surface area (TPSA) is 50.7 Å².